The van der Waals surface area contributed by atoms with Gasteiger partial charge in [0.2, 0.25) is 0 Å². The summed E-state index contributed by atoms with van der Waals surface area (Å²) >= 11 is 5.88. The summed E-state index contributed by atoms with van der Waals surface area (Å²) in [7, 11) is 0. The number of rotatable bonds is 1. The van der Waals surface area contributed by atoms with E-state index >= 15 is 0 Å². The van der Waals surface area contributed by atoms with Gasteiger partial charge in [0.1, 0.15) is 6.07 Å². The molecule has 0 aliphatic heterocycles. The topological polar surface area (TPSA) is 54.5 Å². The van der Waals surface area contributed by atoms with E-state index in [4.69, 9.17) is 16.9 Å². The van der Waals surface area contributed by atoms with E-state index < -0.39 is 0 Å². The molecule has 5 heteroatoms. The summed E-state index contributed by atoms with van der Waals surface area (Å²) in [5, 5.41) is 17.2. The van der Waals surface area contributed by atoms with Crippen molar-refractivity contribution in [2.24, 2.45) is 0 Å². The predicted octanol–water partition coefficient (Wildman–Crippen LogP) is 2.41. The largest absolute Gasteiger partial charge is 0.216 e. The fraction of sp³-hybridized carbons (Fsp3) is 0.182. The monoisotopic (exact) mass is 232 g/mol. The lowest BCUT2D eigenvalue weighted by Gasteiger charge is -2.06. The quantitative estimate of drug-likeness (QED) is 0.759. The van der Waals surface area contributed by atoms with E-state index in [0.717, 1.165) is 16.9 Å². The molecule has 0 fully saturated rings. The van der Waals surface area contributed by atoms with E-state index in [1.807, 2.05) is 32.0 Å². The molecule has 0 saturated heterocycles. The second kappa shape index (κ2) is 3.95. The first-order chi connectivity index (χ1) is 7.63. The minimum atomic E-state index is 0.342. The molecule has 0 amide bonds. The number of benzene rings is 1. The van der Waals surface area contributed by atoms with Gasteiger partial charge in [-0.1, -0.05) is 16.8 Å². The summed E-state index contributed by atoms with van der Waals surface area (Å²) < 4.78 is 1.64. The molecule has 0 unspecified atom stereocenters. The minimum absolute atomic E-state index is 0.342. The fourth-order valence-corrected chi connectivity index (χ4v) is 1.74. The standard InChI is InChI=1S/C11H9ClN4/c1-7-5-9(12)3-4-11(7)16-8(2)10(6-13)14-15-16/h3-5H,1-2H3. The van der Waals surface area contributed by atoms with E-state index in [-0.39, 0.29) is 0 Å². The zero-order valence-electron chi connectivity index (χ0n) is 8.90. The summed E-state index contributed by atoms with van der Waals surface area (Å²) in [6.07, 6.45) is 0. The molecule has 0 N–H and O–H groups in total. The highest BCUT2D eigenvalue weighted by Gasteiger charge is 2.10. The summed E-state index contributed by atoms with van der Waals surface area (Å²) in [4.78, 5) is 0. The maximum atomic E-state index is 8.81. The molecule has 0 bridgehead atoms. The van der Waals surface area contributed by atoms with Crippen LogP contribution in [-0.4, -0.2) is 15.0 Å². The summed E-state index contributed by atoms with van der Waals surface area (Å²) in [6.45, 7) is 3.75. The van der Waals surface area contributed by atoms with Crippen LogP contribution in [0.25, 0.3) is 5.69 Å². The Balaban J connectivity index is 2.60. The van der Waals surface area contributed by atoms with Crippen LogP contribution in [0.4, 0.5) is 0 Å². The SMILES string of the molecule is Cc1cc(Cl)ccc1-n1nnc(C#N)c1C. The second-order valence-electron chi connectivity index (χ2n) is 3.48. The van der Waals surface area contributed by atoms with Gasteiger partial charge in [0.05, 0.1) is 11.4 Å². The minimum Gasteiger partial charge on any atom is -0.216 e. The van der Waals surface area contributed by atoms with Crippen LogP contribution in [0.1, 0.15) is 17.0 Å². The number of aromatic nitrogens is 3. The van der Waals surface area contributed by atoms with Crippen molar-refractivity contribution in [3.05, 3.63) is 40.2 Å². The Morgan fingerprint density at radius 1 is 1.38 bits per heavy atom. The molecule has 4 nitrogen and oxygen atoms in total. The van der Waals surface area contributed by atoms with Crippen molar-refractivity contribution in [1.29, 1.82) is 5.26 Å². The Labute approximate surface area is 98.1 Å². The third-order valence-electron chi connectivity index (χ3n) is 2.39. The first-order valence-corrected chi connectivity index (χ1v) is 5.10. The molecule has 0 aliphatic rings. The van der Waals surface area contributed by atoms with E-state index in [1.54, 1.807) is 10.7 Å². The van der Waals surface area contributed by atoms with Crippen LogP contribution in [0.5, 0.6) is 0 Å². The van der Waals surface area contributed by atoms with Gasteiger partial charge in [0.25, 0.3) is 0 Å². The Morgan fingerprint density at radius 2 is 2.12 bits per heavy atom. The molecular weight excluding hydrogens is 224 g/mol. The summed E-state index contributed by atoms with van der Waals surface area (Å²) in [5.74, 6) is 0. The van der Waals surface area contributed by atoms with Crippen LogP contribution in [0.15, 0.2) is 18.2 Å². The molecule has 1 aromatic carbocycles. The van der Waals surface area contributed by atoms with Gasteiger partial charge in [-0.15, -0.1) is 5.10 Å². The maximum Gasteiger partial charge on any atom is 0.186 e. The number of hydrogen-bond donors (Lipinski definition) is 0. The highest BCUT2D eigenvalue weighted by atomic mass is 35.5. The van der Waals surface area contributed by atoms with Gasteiger partial charge in [0, 0.05) is 5.02 Å². The molecule has 0 atom stereocenters. The summed E-state index contributed by atoms with van der Waals surface area (Å²) in [5.41, 5.74) is 2.95. The van der Waals surface area contributed by atoms with Crippen molar-refractivity contribution in [2.75, 3.05) is 0 Å². The Kier molecular flexibility index (Phi) is 2.63. The van der Waals surface area contributed by atoms with Gasteiger partial charge in [-0.05, 0) is 37.6 Å². The van der Waals surface area contributed by atoms with Gasteiger partial charge < -0.3 is 0 Å². The molecule has 1 heterocycles. The fourth-order valence-electron chi connectivity index (χ4n) is 1.52. The Hall–Kier alpha value is -1.86. The van der Waals surface area contributed by atoms with Gasteiger partial charge in [0.15, 0.2) is 5.69 Å². The third-order valence-corrected chi connectivity index (χ3v) is 2.62. The first kappa shape index (κ1) is 10.7. The molecule has 0 radical (unpaired) electrons. The van der Waals surface area contributed by atoms with Crippen molar-refractivity contribution in [2.45, 2.75) is 13.8 Å². The van der Waals surface area contributed by atoms with Crippen LogP contribution in [0.2, 0.25) is 5.02 Å². The van der Waals surface area contributed by atoms with Gasteiger partial charge in [-0.2, -0.15) is 5.26 Å². The van der Waals surface area contributed by atoms with Gasteiger partial charge in [-0.25, -0.2) is 4.68 Å². The molecule has 2 rings (SSSR count). The van der Waals surface area contributed by atoms with Crippen LogP contribution in [-0.2, 0) is 0 Å². The molecule has 80 valence electrons. The molecule has 0 aliphatic carbocycles. The molecule has 0 saturated carbocycles. The normalized spacial score (nSPS) is 10.1. The lowest BCUT2D eigenvalue weighted by Crippen LogP contribution is -2.01. The van der Waals surface area contributed by atoms with Crippen molar-refractivity contribution in [3.8, 4) is 11.8 Å². The second-order valence-corrected chi connectivity index (χ2v) is 3.91. The van der Waals surface area contributed by atoms with Crippen LogP contribution >= 0.6 is 11.6 Å². The van der Waals surface area contributed by atoms with Crippen molar-refractivity contribution in [3.63, 3.8) is 0 Å². The molecule has 1 aromatic heterocycles. The van der Waals surface area contributed by atoms with Gasteiger partial charge in [-0.3, -0.25) is 0 Å². The lowest BCUT2D eigenvalue weighted by atomic mass is 10.2. The van der Waals surface area contributed by atoms with E-state index in [9.17, 15) is 0 Å². The van der Waals surface area contributed by atoms with Crippen molar-refractivity contribution in [1.82, 2.24) is 15.0 Å². The zero-order chi connectivity index (χ0) is 11.7. The van der Waals surface area contributed by atoms with Gasteiger partial charge >= 0.3 is 0 Å². The lowest BCUT2D eigenvalue weighted by molar-refractivity contribution is 0.780. The number of hydrogen-bond acceptors (Lipinski definition) is 3. The molecule has 0 spiro atoms. The Bertz CT molecular complexity index is 580. The van der Waals surface area contributed by atoms with E-state index in [1.165, 1.54) is 0 Å². The van der Waals surface area contributed by atoms with Crippen LogP contribution in [0.3, 0.4) is 0 Å². The number of halogens is 1. The number of aryl methyl sites for hydroxylation is 1. The number of nitrogens with zero attached hydrogens (tertiary/aromatic N) is 4. The molecule has 2 aromatic rings. The molecular formula is C11H9ClN4. The van der Waals surface area contributed by atoms with E-state index in [2.05, 4.69) is 10.3 Å². The highest BCUT2D eigenvalue weighted by Crippen LogP contribution is 2.19. The van der Waals surface area contributed by atoms with E-state index in [0.29, 0.717) is 10.7 Å². The summed E-state index contributed by atoms with van der Waals surface area (Å²) in [6, 6.07) is 7.50. The average molecular weight is 233 g/mol. The average Bonchev–Trinajstić information content (AvgIpc) is 2.60. The highest BCUT2D eigenvalue weighted by molar-refractivity contribution is 6.30. The predicted molar refractivity (Wildman–Crippen MR) is 60.6 cm³/mol. The van der Waals surface area contributed by atoms with Crippen molar-refractivity contribution < 1.29 is 0 Å². The third kappa shape index (κ3) is 1.66. The molecule has 16 heavy (non-hydrogen) atoms. The first-order valence-electron chi connectivity index (χ1n) is 4.72. The maximum absolute atomic E-state index is 8.81. The Morgan fingerprint density at radius 3 is 2.69 bits per heavy atom. The number of nitriles is 1. The zero-order valence-corrected chi connectivity index (χ0v) is 9.65. The van der Waals surface area contributed by atoms with Crippen LogP contribution < -0.4 is 0 Å². The smallest absolute Gasteiger partial charge is 0.186 e. The van der Waals surface area contributed by atoms with Crippen molar-refractivity contribution >= 4 is 11.6 Å². The van der Waals surface area contributed by atoms with Crippen LogP contribution in [0, 0.1) is 25.2 Å².